The molecule has 0 amide bonds. The van der Waals surface area contributed by atoms with E-state index in [0.29, 0.717) is 5.57 Å². The van der Waals surface area contributed by atoms with Crippen LogP contribution in [0.15, 0.2) is 46.2 Å². The number of thioether (sulfide) groups is 1. The fourth-order valence-electron chi connectivity index (χ4n) is 0.708. The first-order chi connectivity index (χ1) is 6.09. The van der Waals surface area contributed by atoms with Gasteiger partial charge >= 0.3 is 0 Å². The largest absolute Gasteiger partial charge is 0.282 e. The molecule has 1 aromatic carbocycles. The minimum atomic E-state index is 0.00640. The smallest absolute Gasteiger partial charge is 0.219 e. The fourth-order valence-corrected chi connectivity index (χ4v) is 1.52. The maximum Gasteiger partial charge on any atom is 0.219 e. The third-order valence-electron chi connectivity index (χ3n) is 1.40. The number of benzene rings is 1. The van der Waals surface area contributed by atoms with Crippen LogP contribution in [0.5, 0.6) is 0 Å². The van der Waals surface area contributed by atoms with E-state index in [1.54, 1.807) is 6.92 Å². The Labute approximate surface area is 87.6 Å². The molecule has 0 heterocycles. The number of carbonyl (C=O) groups excluding carboxylic acids is 1. The highest BCUT2D eigenvalue weighted by molar-refractivity contribution is 8.14. The van der Waals surface area contributed by atoms with Crippen LogP contribution >= 0.6 is 24.4 Å². The molecule has 0 saturated carbocycles. The van der Waals surface area contributed by atoms with Crippen molar-refractivity contribution < 1.29 is 4.79 Å². The molecule has 0 fully saturated rings. The van der Waals surface area contributed by atoms with E-state index in [1.807, 2.05) is 24.3 Å². The van der Waals surface area contributed by atoms with Crippen LogP contribution in [0.3, 0.4) is 0 Å². The van der Waals surface area contributed by atoms with E-state index in [-0.39, 0.29) is 5.12 Å². The van der Waals surface area contributed by atoms with Crippen LogP contribution in [-0.2, 0) is 4.79 Å². The zero-order valence-electron chi connectivity index (χ0n) is 7.28. The summed E-state index contributed by atoms with van der Waals surface area (Å²) in [5.74, 6) is 0. The number of hydrogen-bond donors (Lipinski definition) is 1. The normalized spacial score (nSPS) is 9.69. The Morgan fingerprint density at radius 1 is 1.38 bits per heavy atom. The van der Waals surface area contributed by atoms with E-state index in [4.69, 9.17) is 0 Å². The van der Waals surface area contributed by atoms with Crippen LogP contribution in [-0.4, -0.2) is 5.12 Å². The van der Waals surface area contributed by atoms with Crippen molar-refractivity contribution in [2.24, 2.45) is 0 Å². The standard InChI is InChI=1S/C10H10OS2/c1-7(2)10(11)13-9-5-3-8(12)4-6-9/h3-6,12H,1H2,2H3. The minimum Gasteiger partial charge on any atom is -0.282 e. The Morgan fingerprint density at radius 2 is 1.92 bits per heavy atom. The van der Waals surface area contributed by atoms with Gasteiger partial charge in [0.15, 0.2) is 0 Å². The molecule has 0 atom stereocenters. The lowest BCUT2D eigenvalue weighted by atomic mass is 10.4. The van der Waals surface area contributed by atoms with Crippen molar-refractivity contribution in [2.75, 3.05) is 0 Å². The SMILES string of the molecule is C=C(C)C(=O)Sc1ccc(S)cc1. The molecule has 0 aliphatic heterocycles. The van der Waals surface area contributed by atoms with Gasteiger partial charge in [0.25, 0.3) is 0 Å². The molecule has 3 heteroatoms. The molecule has 68 valence electrons. The monoisotopic (exact) mass is 210 g/mol. The highest BCUT2D eigenvalue weighted by Gasteiger charge is 2.04. The van der Waals surface area contributed by atoms with Gasteiger partial charge in [-0.2, -0.15) is 0 Å². The first-order valence-corrected chi connectivity index (χ1v) is 5.02. The molecule has 0 aliphatic rings. The van der Waals surface area contributed by atoms with Crippen molar-refractivity contribution >= 4 is 29.5 Å². The second-order valence-electron chi connectivity index (χ2n) is 2.66. The van der Waals surface area contributed by atoms with Gasteiger partial charge in [0.05, 0.1) is 0 Å². The van der Waals surface area contributed by atoms with E-state index >= 15 is 0 Å². The van der Waals surface area contributed by atoms with E-state index in [9.17, 15) is 4.79 Å². The average Bonchev–Trinajstić information content (AvgIpc) is 2.08. The predicted molar refractivity (Wildman–Crippen MR) is 59.4 cm³/mol. The summed E-state index contributed by atoms with van der Waals surface area (Å²) in [6, 6.07) is 7.45. The van der Waals surface area contributed by atoms with E-state index in [0.717, 1.165) is 9.79 Å². The van der Waals surface area contributed by atoms with Gasteiger partial charge in [-0.25, -0.2) is 0 Å². The summed E-state index contributed by atoms with van der Waals surface area (Å²) in [5.41, 5.74) is 0.569. The molecular weight excluding hydrogens is 200 g/mol. The summed E-state index contributed by atoms with van der Waals surface area (Å²) in [6.45, 7) is 5.29. The van der Waals surface area contributed by atoms with Crippen molar-refractivity contribution in [2.45, 2.75) is 16.7 Å². The van der Waals surface area contributed by atoms with Gasteiger partial charge < -0.3 is 0 Å². The molecule has 1 nitrogen and oxygen atoms in total. The minimum absolute atomic E-state index is 0.00640. The molecule has 13 heavy (non-hydrogen) atoms. The van der Waals surface area contributed by atoms with Crippen LogP contribution in [0.2, 0.25) is 0 Å². The highest BCUT2D eigenvalue weighted by Crippen LogP contribution is 2.22. The third-order valence-corrected chi connectivity index (χ3v) is 2.74. The number of thiol groups is 1. The van der Waals surface area contributed by atoms with Crippen LogP contribution < -0.4 is 0 Å². The molecule has 0 saturated heterocycles. The lowest BCUT2D eigenvalue weighted by Crippen LogP contribution is -1.90. The van der Waals surface area contributed by atoms with Gasteiger partial charge in [-0.15, -0.1) is 12.6 Å². The zero-order valence-corrected chi connectivity index (χ0v) is 8.99. The summed E-state index contributed by atoms with van der Waals surface area (Å²) in [5, 5.41) is 0.00640. The maximum atomic E-state index is 11.2. The molecule has 0 bridgehead atoms. The molecule has 0 aromatic heterocycles. The van der Waals surface area contributed by atoms with Gasteiger partial charge in [0, 0.05) is 9.79 Å². The van der Waals surface area contributed by atoms with Gasteiger partial charge in [0.1, 0.15) is 0 Å². The first-order valence-electron chi connectivity index (χ1n) is 3.76. The third kappa shape index (κ3) is 3.28. The summed E-state index contributed by atoms with van der Waals surface area (Å²) in [7, 11) is 0. The Balaban J connectivity index is 2.70. The lowest BCUT2D eigenvalue weighted by Gasteiger charge is -1.99. The van der Waals surface area contributed by atoms with Crippen molar-refractivity contribution in [3.63, 3.8) is 0 Å². The molecule has 0 aliphatic carbocycles. The Kier molecular flexibility index (Phi) is 3.63. The molecule has 1 rings (SSSR count). The van der Waals surface area contributed by atoms with Crippen molar-refractivity contribution in [1.82, 2.24) is 0 Å². The maximum absolute atomic E-state index is 11.2. The van der Waals surface area contributed by atoms with E-state index in [1.165, 1.54) is 11.8 Å². The molecule has 0 unspecified atom stereocenters. The van der Waals surface area contributed by atoms with Gasteiger partial charge in [0.2, 0.25) is 5.12 Å². The van der Waals surface area contributed by atoms with Crippen LogP contribution in [0.25, 0.3) is 0 Å². The van der Waals surface area contributed by atoms with E-state index < -0.39 is 0 Å². The Morgan fingerprint density at radius 3 is 2.38 bits per heavy atom. The van der Waals surface area contributed by atoms with Crippen molar-refractivity contribution in [3.05, 3.63) is 36.4 Å². The first kappa shape index (κ1) is 10.4. The van der Waals surface area contributed by atoms with Crippen molar-refractivity contribution in [1.29, 1.82) is 0 Å². The molecule has 0 radical (unpaired) electrons. The summed E-state index contributed by atoms with van der Waals surface area (Å²) in [4.78, 5) is 13.1. The second-order valence-corrected chi connectivity index (χ2v) is 4.23. The highest BCUT2D eigenvalue weighted by atomic mass is 32.2. The number of hydrogen-bond acceptors (Lipinski definition) is 3. The molecule has 0 spiro atoms. The van der Waals surface area contributed by atoms with Crippen molar-refractivity contribution in [3.8, 4) is 0 Å². The molecular formula is C10H10OS2. The second kappa shape index (κ2) is 4.53. The average molecular weight is 210 g/mol. The number of rotatable bonds is 2. The molecule has 1 aromatic rings. The van der Waals surface area contributed by atoms with Gasteiger partial charge in [-0.05, 0) is 48.5 Å². The zero-order chi connectivity index (χ0) is 9.84. The van der Waals surface area contributed by atoms with Crippen LogP contribution in [0.4, 0.5) is 0 Å². The van der Waals surface area contributed by atoms with Gasteiger partial charge in [-0.1, -0.05) is 6.58 Å². The number of carbonyl (C=O) groups is 1. The summed E-state index contributed by atoms with van der Waals surface area (Å²) < 4.78 is 0. The quantitative estimate of drug-likeness (QED) is 0.459. The topological polar surface area (TPSA) is 17.1 Å². The van der Waals surface area contributed by atoms with Crippen LogP contribution in [0, 0.1) is 0 Å². The predicted octanol–water partition coefficient (Wildman–Crippen LogP) is 3.17. The molecule has 0 N–H and O–H groups in total. The van der Waals surface area contributed by atoms with Gasteiger partial charge in [-0.3, -0.25) is 4.79 Å². The van der Waals surface area contributed by atoms with E-state index in [2.05, 4.69) is 19.2 Å². The summed E-state index contributed by atoms with van der Waals surface area (Å²) >= 11 is 5.34. The Bertz CT molecular complexity index is 327. The summed E-state index contributed by atoms with van der Waals surface area (Å²) in [6.07, 6.45) is 0. The van der Waals surface area contributed by atoms with Crippen LogP contribution in [0.1, 0.15) is 6.92 Å². The Hall–Kier alpha value is -0.670. The fraction of sp³-hybridized carbons (Fsp3) is 0.100. The lowest BCUT2D eigenvalue weighted by molar-refractivity contribution is -0.107.